The number of aryl methyl sites for hydroxylation is 1. The first-order chi connectivity index (χ1) is 9.13. The number of aliphatic hydroxyl groups excluding tert-OH is 1. The molecule has 1 amide bonds. The predicted octanol–water partition coefficient (Wildman–Crippen LogP) is 1.95. The molecule has 4 nitrogen and oxygen atoms in total. The van der Waals surface area contributed by atoms with E-state index >= 15 is 0 Å². The van der Waals surface area contributed by atoms with Crippen molar-refractivity contribution in [2.24, 2.45) is 0 Å². The molecule has 1 aromatic rings. The van der Waals surface area contributed by atoms with E-state index in [4.69, 9.17) is 10.8 Å². The first-order valence-electron chi connectivity index (χ1n) is 6.91. The highest BCUT2D eigenvalue weighted by Gasteiger charge is 2.27. The molecule has 0 aromatic heterocycles. The molecule has 3 N–H and O–H groups in total. The fraction of sp³-hybridized carbons (Fsp3) is 0.533. The molecule has 0 aliphatic carbocycles. The number of hydrogen-bond acceptors (Lipinski definition) is 3. The van der Waals surface area contributed by atoms with Crippen molar-refractivity contribution < 1.29 is 9.90 Å². The lowest BCUT2D eigenvalue weighted by Crippen LogP contribution is -2.44. The van der Waals surface area contributed by atoms with Gasteiger partial charge in [0.1, 0.15) is 0 Å². The van der Waals surface area contributed by atoms with Crippen molar-refractivity contribution in [3.8, 4) is 0 Å². The smallest absolute Gasteiger partial charge is 0.254 e. The van der Waals surface area contributed by atoms with Crippen LogP contribution in [0.5, 0.6) is 0 Å². The molecule has 0 spiro atoms. The van der Waals surface area contributed by atoms with Crippen LogP contribution in [-0.4, -0.2) is 35.1 Å². The highest BCUT2D eigenvalue weighted by Crippen LogP contribution is 2.23. The largest absolute Gasteiger partial charge is 0.399 e. The maximum atomic E-state index is 12.6. The molecular formula is C15H22N2O2. The van der Waals surface area contributed by atoms with Crippen LogP contribution in [0.2, 0.25) is 0 Å². The van der Waals surface area contributed by atoms with Gasteiger partial charge in [0.2, 0.25) is 0 Å². The van der Waals surface area contributed by atoms with Crippen molar-refractivity contribution in [2.45, 2.75) is 38.6 Å². The first-order valence-corrected chi connectivity index (χ1v) is 6.91. The average Bonchev–Trinajstić information content (AvgIpc) is 2.42. The van der Waals surface area contributed by atoms with Crippen LogP contribution in [-0.2, 0) is 0 Å². The molecule has 1 fully saturated rings. The summed E-state index contributed by atoms with van der Waals surface area (Å²) in [5.41, 5.74) is 8.03. The molecule has 0 saturated carbocycles. The van der Waals surface area contributed by atoms with Gasteiger partial charge in [-0.2, -0.15) is 0 Å². The van der Waals surface area contributed by atoms with Crippen molar-refractivity contribution in [1.29, 1.82) is 0 Å². The van der Waals surface area contributed by atoms with E-state index in [1.165, 1.54) is 0 Å². The Morgan fingerprint density at radius 2 is 2.26 bits per heavy atom. The number of piperidine rings is 1. The van der Waals surface area contributed by atoms with Gasteiger partial charge >= 0.3 is 0 Å². The lowest BCUT2D eigenvalue weighted by Gasteiger charge is -2.36. The number of nitrogen functional groups attached to an aromatic ring is 1. The van der Waals surface area contributed by atoms with Crippen LogP contribution in [0.3, 0.4) is 0 Å². The van der Waals surface area contributed by atoms with Crippen LogP contribution in [0.15, 0.2) is 18.2 Å². The van der Waals surface area contributed by atoms with Crippen LogP contribution in [0.4, 0.5) is 5.69 Å². The zero-order valence-corrected chi connectivity index (χ0v) is 11.4. The lowest BCUT2D eigenvalue weighted by molar-refractivity contribution is 0.0574. The van der Waals surface area contributed by atoms with Gasteiger partial charge in [0.15, 0.2) is 0 Å². The van der Waals surface area contributed by atoms with E-state index in [0.29, 0.717) is 17.7 Å². The summed E-state index contributed by atoms with van der Waals surface area (Å²) in [6.45, 7) is 2.83. The monoisotopic (exact) mass is 262 g/mol. The van der Waals surface area contributed by atoms with Crippen molar-refractivity contribution >= 4 is 11.6 Å². The highest BCUT2D eigenvalue weighted by molar-refractivity contribution is 5.96. The summed E-state index contributed by atoms with van der Waals surface area (Å²) in [6.07, 6.45) is 3.81. The Kier molecular flexibility index (Phi) is 4.43. The second-order valence-electron chi connectivity index (χ2n) is 5.23. The zero-order chi connectivity index (χ0) is 13.8. The molecule has 1 aromatic carbocycles. The Hall–Kier alpha value is -1.55. The number of carbonyl (C=O) groups is 1. The molecule has 2 rings (SSSR count). The second-order valence-corrected chi connectivity index (χ2v) is 5.23. The third-order valence-electron chi connectivity index (χ3n) is 3.84. The molecule has 4 heteroatoms. The Balaban J connectivity index is 2.23. The van der Waals surface area contributed by atoms with E-state index < -0.39 is 0 Å². The number of likely N-dealkylation sites (tertiary alicyclic amines) is 1. The van der Waals surface area contributed by atoms with Gasteiger partial charge in [0.05, 0.1) is 0 Å². The van der Waals surface area contributed by atoms with Gasteiger partial charge in [-0.15, -0.1) is 0 Å². The van der Waals surface area contributed by atoms with E-state index in [9.17, 15) is 4.79 Å². The number of aliphatic hydroxyl groups is 1. The number of carbonyl (C=O) groups excluding carboxylic acids is 1. The molecule has 1 heterocycles. The van der Waals surface area contributed by atoms with Crippen molar-refractivity contribution in [1.82, 2.24) is 4.90 Å². The average molecular weight is 262 g/mol. The SMILES string of the molecule is Cc1ccc(N)cc1C(=O)N1CCCCC1CCO. The number of benzene rings is 1. The van der Waals surface area contributed by atoms with E-state index in [2.05, 4.69) is 0 Å². The van der Waals surface area contributed by atoms with Gasteiger partial charge in [-0.3, -0.25) is 4.79 Å². The Morgan fingerprint density at radius 3 is 3.00 bits per heavy atom. The molecule has 104 valence electrons. The molecular weight excluding hydrogens is 240 g/mol. The van der Waals surface area contributed by atoms with Crippen LogP contribution >= 0.6 is 0 Å². The molecule has 1 atom stereocenters. The fourth-order valence-corrected chi connectivity index (χ4v) is 2.74. The minimum Gasteiger partial charge on any atom is -0.399 e. The minimum atomic E-state index is 0.0444. The standard InChI is InChI=1S/C15H22N2O2/c1-11-5-6-12(16)10-14(11)15(19)17-8-3-2-4-13(17)7-9-18/h5-6,10,13,18H,2-4,7-9,16H2,1H3. The molecule has 1 saturated heterocycles. The van der Waals surface area contributed by atoms with Gasteiger partial charge in [-0.1, -0.05) is 6.07 Å². The molecule has 0 radical (unpaired) electrons. The van der Waals surface area contributed by atoms with Gasteiger partial charge in [0.25, 0.3) is 5.91 Å². The molecule has 1 aliphatic heterocycles. The van der Waals surface area contributed by atoms with Crippen LogP contribution in [0.25, 0.3) is 0 Å². The molecule has 19 heavy (non-hydrogen) atoms. The Bertz CT molecular complexity index is 457. The Labute approximate surface area is 114 Å². The van der Waals surface area contributed by atoms with Gasteiger partial charge < -0.3 is 15.7 Å². The quantitative estimate of drug-likeness (QED) is 0.818. The summed E-state index contributed by atoms with van der Waals surface area (Å²) < 4.78 is 0. The summed E-state index contributed by atoms with van der Waals surface area (Å²) >= 11 is 0. The number of amides is 1. The van der Waals surface area contributed by atoms with Gasteiger partial charge in [-0.25, -0.2) is 0 Å². The fourth-order valence-electron chi connectivity index (χ4n) is 2.74. The molecule has 1 aliphatic rings. The molecule has 0 bridgehead atoms. The van der Waals surface area contributed by atoms with Crippen molar-refractivity contribution in [3.05, 3.63) is 29.3 Å². The van der Waals surface area contributed by atoms with Crippen LogP contribution < -0.4 is 5.73 Å². The van der Waals surface area contributed by atoms with Crippen LogP contribution in [0, 0.1) is 6.92 Å². The number of nitrogens with two attached hydrogens (primary N) is 1. The maximum Gasteiger partial charge on any atom is 0.254 e. The number of rotatable bonds is 3. The second kappa shape index (κ2) is 6.06. The number of hydrogen-bond donors (Lipinski definition) is 2. The van der Waals surface area contributed by atoms with E-state index in [1.54, 1.807) is 6.07 Å². The highest BCUT2D eigenvalue weighted by atomic mass is 16.3. The van der Waals surface area contributed by atoms with Gasteiger partial charge in [0, 0.05) is 30.4 Å². The van der Waals surface area contributed by atoms with Crippen molar-refractivity contribution in [2.75, 3.05) is 18.9 Å². The summed E-state index contributed by atoms with van der Waals surface area (Å²) in [6, 6.07) is 5.61. The predicted molar refractivity (Wildman–Crippen MR) is 76.0 cm³/mol. The van der Waals surface area contributed by atoms with E-state index in [1.807, 2.05) is 24.0 Å². The third-order valence-corrected chi connectivity index (χ3v) is 3.84. The summed E-state index contributed by atoms with van der Waals surface area (Å²) in [4.78, 5) is 14.6. The summed E-state index contributed by atoms with van der Waals surface area (Å²) in [7, 11) is 0. The number of nitrogens with zero attached hydrogens (tertiary/aromatic N) is 1. The first kappa shape index (κ1) is 13.9. The summed E-state index contributed by atoms with van der Waals surface area (Å²) in [5, 5.41) is 9.13. The minimum absolute atomic E-state index is 0.0444. The normalized spacial score (nSPS) is 19.5. The number of anilines is 1. The topological polar surface area (TPSA) is 66.6 Å². The maximum absolute atomic E-state index is 12.6. The van der Waals surface area contributed by atoms with Crippen LogP contribution in [0.1, 0.15) is 41.6 Å². The third kappa shape index (κ3) is 3.07. The zero-order valence-electron chi connectivity index (χ0n) is 11.4. The van der Waals surface area contributed by atoms with Crippen molar-refractivity contribution in [3.63, 3.8) is 0 Å². The van der Waals surface area contributed by atoms with Gasteiger partial charge in [-0.05, 0) is 50.3 Å². The Morgan fingerprint density at radius 1 is 1.47 bits per heavy atom. The lowest BCUT2D eigenvalue weighted by atomic mass is 9.97. The van der Waals surface area contributed by atoms with E-state index in [-0.39, 0.29) is 18.6 Å². The molecule has 1 unspecified atom stereocenters. The van der Waals surface area contributed by atoms with E-state index in [0.717, 1.165) is 31.4 Å². The summed E-state index contributed by atoms with van der Waals surface area (Å²) in [5.74, 6) is 0.0444.